The van der Waals surface area contributed by atoms with Crippen molar-refractivity contribution in [1.82, 2.24) is 29.0 Å². The summed E-state index contributed by atoms with van der Waals surface area (Å²) in [5.74, 6) is -0.399. The average molecular weight is 743 g/mol. The predicted octanol–water partition coefficient (Wildman–Crippen LogP) is 4.20. The second kappa shape index (κ2) is 15.4. The van der Waals surface area contributed by atoms with E-state index in [4.69, 9.17) is 4.74 Å². The molecular weight excluding hydrogens is 696 g/mol. The van der Waals surface area contributed by atoms with Crippen molar-refractivity contribution in [1.29, 1.82) is 5.26 Å². The maximum Gasteiger partial charge on any atom is 0.293 e. The Hall–Kier alpha value is -4.55. The van der Waals surface area contributed by atoms with Crippen molar-refractivity contribution in [2.75, 3.05) is 65.3 Å². The van der Waals surface area contributed by atoms with Crippen LogP contribution in [0.25, 0.3) is 10.9 Å². The summed E-state index contributed by atoms with van der Waals surface area (Å²) in [6.45, 7) is 8.71. The fourth-order valence-corrected chi connectivity index (χ4v) is 9.32. The number of anilines is 1. The number of pyridine rings is 1. The molecule has 0 saturated carbocycles. The number of fused-ring (bicyclic) bond motifs is 2. The van der Waals surface area contributed by atoms with E-state index in [0.717, 1.165) is 82.0 Å². The number of ether oxygens (including phenoxy) is 1. The molecule has 12 nitrogen and oxygen atoms in total. The molecule has 0 bridgehead atoms. The number of piperidine rings is 1. The van der Waals surface area contributed by atoms with Gasteiger partial charge in [0.1, 0.15) is 23.3 Å². The fourth-order valence-electron chi connectivity index (χ4n) is 8.35. The van der Waals surface area contributed by atoms with Crippen molar-refractivity contribution in [3.63, 3.8) is 0 Å². The molecule has 3 aliphatic rings. The number of rotatable bonds is 11. The average Bonchev–Trinajstić information content (AvgIpc) is 3.86. The van der Waals surface area contributed by atoms with E-state index in [0.29, 0.717) is 23.8 Å². The minimum Gasteiger partial charge on any atom is -0.448 e. The number of aromatic amines is 1. The normalized spacial score (nSPS) is 20.1. The number of amides is 1. The zero-order chi connectivity index (χ0) is 37.4. The molecule has 3 saturated heterocycles. The highest BCUT2D eigenvalue weighted by Crippen LogP contribution is 2.39. The van der Waals surface area contributed by atoms with Crippen LogP contribution in [-0.2, 0) is 24.1 Å². The molecule has 7 rings (SSSR count). The summed E-state index contributed by atoms with van der Waals surface area (Å²) in [6, 6.07) is 14.6. The van der Waals surface area contributed by atoms with E-state index in [1.165, 1.54) is 28.2 Å². The molecule has 53 heavy (non-hydrogen) atoms. The number of nitriles is 1. The third-order valence-electron chi connectivity index (χ3n) is 11.3. The molecule has 3 fully saturated rings. The van der Waals surface area contributed by atoms with Gasteiger partial charge in [-0.15, -0.1) is 0 Å². The van der Waals surface area contributed by atoms with Crippen LogP contribution in [0.5, 0.6) is 11.5 Å². The Kier molecular flexibility index (Phi) is 10.7. The van der Waals surface area contributed by atoms with Gasteiger partial charge in [-0.05, 0) is 106 Å². The van der Waals surface area contributed by atoms with Crippen LogP contribution in [0.1, 0.15) is 46.4 Å². The van der Waals surface area contributed by atoms with Crippen molar-refractivity contribution >= 4 is 33.5 Å². The van der Waals surface area contributed by atoms with E-state index < -0.39 is 28.3 Å². The van der Waals surface area contributed by atoms with E-state index in [-0.39, 0.29) is 28.4 Å². The Morgan fingerprint density at radius 3 is 2.62 bits per heavy atom. The van der Waals surface area contributed by atoms with E-state index in [9.17, 15) is 23.5 Å². The topological polar surface area (TPSA) is 130 Å². The van der Waals surface area contributed by atoms with Crippen molar-refractivity contribution in [2.24, 2.45) is 5.92 Å². The smallest absolute Gasteiger partial charge is 0.293 e. The van der Waals surface area contributed by atoms with Crippen LogP contribution in [0.2, 0.25) is 0 Å². The molecule has 4 aromatic rings. The molecule has 3 aliphatic heterocycles. The molecule has 0 spiro atoms. The van der Waals surface area contributed by atoms with Gasteiger partial charge in [0.25, 0.3) is 11.5 Å². The lowest BCUT2D eigenvalue weighted by molar-refractivity contribution is 0.0824. The van der Waals surface area contributed by atoms with E-state index in [1.54, 1.807) is 27.3 Å². The molecule has 2 aromatic carbocycles. The van der Waals surface area contributed by atoms with Crippen LogP contribution in [0, 0.1) is 30.0 Å². The van der Waals surface area contributed by atoms with Gasteiger partial charge < -0.3 is 29.0 Å². The second-order valence-electron chi connectivity index (χ2n) is 14.6. The van der Waals surface area contributed by atoms with Crippen LogP contribution >= 0.6 is 0 Å². The third-order valence-corrected chi connectivity index (χ3v) is 12.8. The number of halogens is 1. The predicted molar refractivity (Wildman–Crippen MR) is 204 cm³/mol. The van der Waals surface area contributed by atoms with Gasteiger partial charge in [-0.1, -0.05) is 6.07 Å². The van der Waals surface area contributed by atoms with Gasteiger partial charge >= 0.3 is 0 Å². The van der Waals surface area contributed by atoms with Crippen molar-refractivity contribution in [3.05, 3.63) is 87.2 Å². The third kappa shape index (κ3) is 7.35. The first-order valence-electron chi connectivity index (χ1n) is 18.3. The highest BCUT2D eigenvalue weighted by atomic mass is 32.2. The maximum atomic E-state index is 14.2. The summed E-state index contributed by atoms with van der Waals surface area (Å²) in [5.41, 5.74) is 4.39. The fraction of sp³-hybridized carbons (Fsp3) is 0.462. The number of carbonyl (C=O) groups is 1. The lowest BCUT2D eigenvalue weighted by Gasteiger charge is -2.31. The molecule has 3 atom stereocenters. The van der Waals surface area contributed by atoms with Crippen LogP contribution in [0.15, 0.2) is 53.5 Å². The van der Waals surface area contributed by atoms with Gasteiger partial charge in [0.15, 0.2) is 0 Å². The summed E-state index contributed by atoms with van der Waals surface area (Å²) in [4.78, 5) is 37.2. The first-order chi connectivity index (χ1) is 25.6. The zero-order valence-corrected chi connectivity index (χ0v) is 31.5. The highest BCUT2D eigenvalue weighted by Gasteiger charge is 2.42. The van der Waals surface area contributed by atoms with Crippen molar-refractivity contribution in [3.8, 4) is 17.6 Å². The standard InChI is InChI=1S/C39H47FN8O4S/c1-25-26(5-7-33-31(25)20-29(21-41)48(33)18-17-45-14-11-30(12-15-45)53(51)42-2)22-46-16-10-27-23-47(24-35(27)46)34-9-13-43-38(49)37(34)52-36-8-6-28(40)19-32(36)39(50)44(3)4/h5-9,13,19-20,27,30,35,42H,10-12,14-18,22-24H2,1-4H3,(H,43,49). The molecule has 1 amide bonds. The van der Waals surface area contributed by atoms with Crippen LogP contribution in [0.3, 0.4) is 0 Å². The maximum absolute atomic E-state index is 14.2. The van der Waals surface area contributed by atoms with Crippen LogP contribution < -0.4 is 19.9 Å². The first-order valence-corrected chi connectivity index (χ1v) is 19.5. The van der Waals surface area contributed by atoms with E-state index in [2.05, 4.69) is 54.1 Å². The van der Waals surface area contributed by atoms with Gasteiger partial charge in [0, 0.05) is 70.0 Å². The van der Waals surface area contributed by atoms with E-state index in [1.807, 2.05) is 12.1 Å². The number of aromatic nitrogens is 2. The summed E-state index contributed by atoms with van der Waals surface area (Å²) in [7, 11) is 3.92. The Bertz CT molecular complexity index is 2140. The lowest BCUT2D eigenvalue weighted by atomic mass is 10.0. The number of hydrogen-bond donors (Lipinski definition) is 2. The van der Waals surface area contributed by atoms with Gasteiger partial charge in [0.05, 0.1) is 27.5 Å². The van der Waals surface area contributed by atoms with Crippen LogP contribution in [-0.4, -0.2) is 106 Å². The minimum absolute atomic E-state index is 0.0402. The summed E-state index contributed by atoms with van der Waals surface area (Å²) in [6.07, 6.45) is 4.43. The largest absolute Gasteiger partial charge is 0.448 e. The van der Waals surface area contributed by atoms with Crippen molar-refractivity contribution < 1.29 is 18.1 Å². The SMILES string of the molecule is CNS(=O)C1CCN(CCn2c(C#N)cc3c(C)c(CN4CCC5CN(c6cc[nH]c(=O)c6Oc6ccc(F)cc6C(=O)N(C)C)CC54)ccc32)CC1. The van der Waals surface area contributed by atoms with Crippen LogP contribution in [0.4, 0.5) is 10.1 Å². The van der Waals surface area contributed by atoms with Gasteiger partial charge in [-0.2, -0.15) is 5.26 Å². The first kappa shape index (κ1) is 36.8. The molecular formula is C39H47FN8O4S. The molecule has 2 aromatic heterocycles. The summed E-state index contributed by atoms with van der Waals surface area (Å²) in [5, 5.41) is 11.4. The van der Waals surface area contributed by atoms with Crippen molar-refractivity contribution in [2.45, 2.75) is 50.6 Å². The number of nitrogens with zero attached hydrogens (tertiary/aromatic N) is 6. The second-order valence-corrected chi connectivity index (χ2v) is 16.2. The molecule has 0 radical (unpaired) electrons. The molecule has 280 valence electrons. The van der Waals surface area contributed by atoms with Gasteiger partial charge in [-0.25, -0.2) is 13.3 Å². The number of H-pyrrole nitrogens is 1. The quantitative estimate of drug-likeness (QED) is 0.234. The number of hydrogen-bond acceptors (Lipinski definition) is 8. The number of carbonyl (C=O) groups excluding carboxylic acids is 1. The monoisotopic (exact) mass is 742 g/mol. The van der Waals surface area contributed by atoms with E-state index >= 15 is 0 Å². The Balaban J connectivity index is 1.06. The zero-order valence-electron chi connectivity index (χ0n) is 30.7. The molecule has 5 heterocycles. The lowest BCUT2D eigenvalue weighted by Crippen LogP contribution is -2.41. The summed E-state index contributed by atoms with van der Waals surface area (Å²) < 4.78 is 37.5. The number of nitrogens with one attached hydrogen (secondary N) is 2. The number of likely N-dealkylation sites (tertiary alicyclic amines) is 2. The number of benzene rings is 2. The molecule has 3 unspecified atom stereocenters. The Morgan fingerprint density at radius 2 is 1.89 bits per heavy atom. The van der Waals surface area contributed by atoms with Gasteiger partial charge in [-0.3, -0.25) is 14.5 Å². The molecule has 0 aliphatic carbocycles. The highest BCUT2D eigenvalue weighted by molar-refractivity contribution is 7.83. The molecule has 2 N–H and O–H groups in total. The Labute approximate surface area is 311 Å². The van der Waals surface area contributed by atoms with Gasteiger partial charge in [0.2, 0.25) is 5.75 Å². The minimum atomic E-state index is -0.987. The Morgan fingerprint density at radius 1 is 1.09 bits per heavy atom. The number of aryl methyl sites for hydroxylation is 1. The molecule has 14 heteroatoms. The summed E-state index contributed by atoms with van der Waals surface area (Å²) >= 11 is 0.